The van der Waals surface area contributed by atoms with Crippen LogP contribution in [0.1, 0.15) is 26.7 Å². The molecule has 1 aromatic rings. The van der Waals surface area contributed by atoms with Crippen LogP contribution in [0.15, 0.2) is 18.2 Å². The lowest BCUT2D eigenvalue weighted by Gasteiger charge is -2.22. The van der Waals surface area contributed by atoms with Crippen molar-refractivity contribution in [3.63, 3.8) is 0 Å². The topological polar surface area (TPSA) is 12.0 Å². The molecule has 1 saturated carbocycles. The zero-order valence-corrected chi connectivity index (χ0v) is 10.5. The summed E-state index contributed by atoms with van der Waals surface area (Å²) in [7, 11) is 0. The van der Waals surface area contributed by atoms with Crippen molar-refractivity contribution < 1.29 is 0 Å². The van der Waals surface area contributed by atoms with Crippen LogP contribution < -0.4 is 5.32 Å². The second-order valence-corrected chi connectivity index (χ2v) is 5.49. The minimum Gasteiger partial charge on any atom is -0.381 e. The van der Waals surface area contributed by atoms with Gasteiger partial charge >= 0.3 is 0 Å². The molecule has 2 rings (SSSR count). The second-order valence-electron chi connectivity index (χ2n) is 4.64. The third-order valence-corrected chi connectivity index (χ3v) is 3.95. The molecule has 1 fully saturated rings. The van der Waals surface area contributed by atoms with Crippen LogP contribution in [0.4, 0.5) is 5.69 Å². The van der Waals surface area contributed by atoms with Gasteiger partial charge in [-0.1, -0.05) is 30.1 Å². The molecule has 82 valence electrons. The molecule has 1 N–H and O–H groups in total. The van der Waals surface area contributed by atoms with Crippen LogP contribution in [0.3, 0.4) is 0 Å². The monoisotopic (exact) mass is 243 g/mol. The molecule has 0 spiro atoms. The van der Waals surface area contributed by atoms with Crippen molar-refractivity contribution in [2.45, 2.75) is 32.7 Å². The van der Waals surface area contributed by atoms with Crippen LogP contribution in [-0.2, 0) is 0 Å². The van der Waals surface area contributed by atoms with Crippen LogP contribution in [0.5, 0.6) is 0 Å². The highest BCUT2D eigenvalue weighted by Gasteiger charge is 2.42. The van der Waals surface area contributed by atoms with Gasteiger partial charge in [0.25, 0.3) is 0 Å². The van der Waals surface area contributed by atoms with Gasteiger partial charge < -0.3 is 5.32 Å². The fourth-order valence-corrected chi connectivity index (χ4v) is 1.99. The summed E-state index contributed by atoms with van der Waals surface area (Å²) in [6.45, 7) is 4.49. The molecule has 1 unspecified atom stereocenters. The van der Waals surface area contributed by atoms with E-state index in [2.05, 4.69) is 19.2 Å². The Labute approximate surface area is 101 Å². The average molecular weight is 244 g/mol. The maximum atomic E-state index is 6.09. The molecule has 1 atom stereocenters. The Morgan fingerprint density at radius 1 is 1.33 bits per heavy atom. The van der Waals surface area contributed by atoms with Gasteiger partial charge in [0.2, 0.25) is 0 Å². The molecule has 1 aliphatic rings. The Bertz CT molecular complexity index is 372. The van der Waals surface area contributed by atoms with Crippen molar-refractivity contribution >= 4 is 28.9 Å². The zero-order valence-electron chi connectivity index (χ0n) is 8.98. The van der Waals surface area contributed by atoms with Crippen molar-refractivity contribution in [1.29, 1.82) is 0 Å². The maximum absolute atomic E-state index is 6.09. The average Bonchev–Trinajstić information content (AvgIpc) is 2.91. The summed E-state index contributed by atoms with van der Waals surface area (Å²) in [6, 6.07) is 5.95. The molecule has 3 heteroatoms. The molecule has 0 aliphatic heterocycles. The van der Waals surface area contributed by atoms with E-state index in [-0.39, 0.29) is 0 Å². The van der Waals surface area contributed by atoms with E-state index in [0.717, 1.165) is 15.7 Å². The fourth-order valence-electron chi connectivity index (χ4n) is 1.65. The zero-order chi connectivity index (χ0) is 11.1. The number of nitrogens with one attached hydrogen (secondary N) is 1. The number of hydrogen-bond acceptors (Lipinski definition) is 1. The summed E-state index contributed by atoms with van der Waals surface area (Å²) in [4.78, 5) is 0. The van der Waals surface area contributed by atoms with Gasteiger partial charge in [-0.15, -0.1) is 0 Å². The Hall–Kier alpha value is -0.400. The lowest BCUT2D eigenvalue weighted by atomic mass is 10.0. The van der Waals surface area contributed by atoms with Crippen LogP contribution in [0.25, 0.3) is 0 Å². The highest BCUT2D eigenvalue weighted by atomic mass is 35.5. The minimum atomic E-state index is 0.436. The highest BCUT2D eigenvalue weighted by Crippen LogP contribution is 2.49. The Morgan fingerprint density at radius 2 is 2.00 bits per heavy atom. The van der Waals surface area contributed by atoms with Gasteiger partial charge in [0.15, 0.2) is 0 Å². The molecular weight excluding hydrogens is 229 g/mol. The molecule has 1 aromatic carbocycles. The van der Waals surface area contributed by atoms with Crippen molar-refractivity contribution in [1.82, 2.24) is 0 Å². The first-order chi connectivity index (χ1) is 7.01. The first-order valence-corrected chi connectivity index (χ1v) is 5.98. The normalized spacial score (nSPS) is 19.7. The molecule has 1 nitrogen and oxygen atoms in total. The quantitative estimate of drug-likeness (QED) is 0.819. The molecule has 15 heavy (non-hydrogen) atoms. The summed E-state index contributed by atoms with van der Waals surface area (Å²) >= 11 is 12.0. The number of benzene rings is 1. The van der Waals surface area contributed by atoms with E-state index in [1.807, 2.05) is 12.1 Å². The smallest absolute Gasteiger partial charge is 0.0638 e. The summed E-state index contributed by atoms with van der Waals surface area (Å²) in [5.41, 5.74) is 1.37. The molecule has 0 heterocycles. The van der Waals surface area contributed by atoms with Gasteiger partial charge in [0.05, 0.1) is 10.7 Å². The van der Waals surface area contributed by atoms with Gasteiger partial charge in [-0.2, -0.15) is 0 Å². The van der Waals surface area contributed by atoms with E-state index in [9.17, 15) is 0 Å². The molecular formula is C12H15Cl2N. The van der Waals surface area contributed by atoms with Gasteiger partial charge in [-0.25, -0.2) is 0 Å². The predicted molar refractivity (Wildman–Crippen MR) is 66.9 cm³/mol. The van der Waals surface area contributed by atoms with Crippen molar-refractivity contribution in [3.05, 3.63) is 28.2 Å². The van der Waals surface area contributed by atoms with Crippen molar-refractivity contribution in [3.8, 4) is 0 Å². The van der Waals surface area contributed by atoms with Gasteiger partial charge in [0.1, 0.15) is 0 Å². The SMILES string of the molecule is CC(Nc1cc(Cl)ccc1Cl)C1(C)CC1. The summed E-state index contributed by atoms with van der Waals surface area (Å²) < 4.78 is 0. The van der Waals surface area contributed by atoms with E-state index < -0.39 is 0 Å². The van der Waals surface area contributed by atoms with E-state index in [4.69, 9.17) is 23.2 Å². The Morgan fingerprint density at radius 3 is 2.60 bits per heavy atom. The molecule has 0 amide bonds. The second kappa shape index (κ2) is 3.88. The largest absolute Gasteiger partial charge is 0.381 e. The summed E-state index contributed by atoms with van der Waals surface area (Å²) in [5, 5.41) is 4.89. The Balaban J connectivity index is 2.13. The van der Waals surface area contributed by atoms with Crippen LogP contribution in [-0.4, -0.2) is 6.04 Å². The van der Waals surface area contributed by atoms with E-state index in [0.29, 0.717) is 11.5 Å². The van der Waals surface area contributed by atoms with E-state index in [1.54, 1.807) is 6.07 Å². The molecule has 0 aromatic heterocycles. The van der Waals surface area contributed by atoms with E-state index in [1.165, 1.54) is 12.8 Å². The van der Waals surface area contributed by atoms with Gasteiger partial charge in [-0.3, -0.25) is 0 Å². The third-order valence-electron chi connectivity index (χ3n) is 3.38. The third kappa shape index (κ3) is 2.40. The predicted octanol–water partition coefficient (Wildman–Crippen LogP) is 4.59. The summed E-state index contributed by atoms with van der Waals surface area (Å²) in [5.74, 6) is 0. The van der Waals surface area contributed by atoms with Crippen molar-refractivity contribution in [2.24, 2.45) is 5.41 Å². The standard InChI is InChI=1S/C12H15Cl2N/c1-8(12(2)5-6-12)15-11-7-9(13)3-4-10(11)14/h3-4,7-8,15H,5-6H2,1-2H3. The highest BCUT2D eigenvalue weighted by molar-refractivity contribution is 6.35. The molecule has 1 aliphatic carbocycles. The van der Waals surface area contributed by atoms with Crippen LogP contribution in [0.2, 0.25) is 10.0 Å². The number of hydrogen-bond donors (Lipinski definition) is 1. The van der Waals surface area contributed by atoms with Gasteiger partial charge in [-0.05, 0) is 43.4 Å². The first-order valence-electron chi connectivity index (χ1n) is 5.23. The first kappa shape index (κ1) is 11.1. The number of anilines is 1. The van der Waals surface area contributed by atoms with Gasteiger partial charge in [0, 0.05) is 11.1 Å². The minimum absolute atomic E-state index is 0.436. The lowest BCUT2D eigenvalue weighted by Crippen LogP contribution is -2.24. The maximum Gasteiger partial charge on any atom is 0.0638 e. The molecule has 0 saturated heterocycles. The van der Waals surface area contributed by atoms with Crippen molar-refractivity contribution in [2.75, 3.05) is 5.32 Å². The number of halogens is 2. The molecule has 0 radical (unpaired) electrons. The molecule has 0 bridgehead atoms. The van der Waals surface area contributed by atoms with Crippen LogP contribution in [0, 0.1) is 5.41 Å². The van der Waals surface area contributed by atoms with E-state index >= 15 is 0 Å². The lowest BCUT2D eigenvalue weighted by molar-refractivity contribution is 0.493. The summed E-state index contributed by atoms with van der Waals surface area (Å²) in [6.07, 6.45) is 2.58. The number of rotatable bonds is 3. The van der Waals surface area contributed by atoms with Crippen LogP contribution >= 0.6 is 23.2 Å². The Kier molecular flexibility index (Phi) is 2.87. The fraction of sp³-hybridized carbons (Fsp3) is 0.500.